The van der Waals surface area contributed by atoms with Crippen LogP contribution in [0.5, 0.6) is 0 Å². The zero-order valence-electron chi connectivity index (χ0n) is 11.0. The van der Waals surface area contributed by atoms with Gasteiger partial charge in [0, 0.05) is 10.4 Å². The Hall–Kier alpha value is -1.28. The smallest absolute Gasteiger partial charge is 0.304 e. The van der Waals surface area contributed by atoms with Crippen LogP contribution in [0.15, 0.2) is 30.9 Å². The molecule has 2 nitrogen and oxygen atoms in total. The van der Waals surface area contributed by atoms with Gasteiger partial charge in [0.05, 0.1) is 6.42 Å². The van der Waals surface area contributed by atoms with Crippen LogP contribution in [0.4, 0.5) is 0 Å². The van der Waals surface area contributed by atoms with Gasteiger partial charge in [0.1, 0.15) is 0 Å². The van der Waals surface area contributed by atoms with Crippen molar-refractivity contribution in [3.63, 3.8) is 0 Å². The molecule has 0 aliphatic heterocycles. The van der Waals surface area contributed by atoms with Gasteiger partial charge in [-0.1, -0.05) is 29.8 Å². The number of carboxylic acids is 1. The normalized spacial score (nSPS) is 21.1. The van der Waals surface area contributed by atoms with E-state index in [4.69, 9.17) is 11.6 Å². The van der Waals surface area contributed by atoms with Gasteiger partial charge in [-0.15, -0.1) is 6.58 Å². The fourth-order valence-corrected chi connectivity index (χ4v) is 3.48. The third kappa shape index (κ3) is 2.84. The Kier molecular flexibility index (Phi) is 4.31. The van der Waals surface area contributed by atoms with Gasteiger partial charge in [0.25, 0.3) is 0 Å². The number of unbranched alkanes of at least 4 members (excludes halogenated alkanes) is 1. The molecule has 0 fully saturated rings. The summed E-state index contributed by atoms with van der Waals surface area (Å²) in [5.41, 5.74) is 2.05. The van der Waals surface area contributed by atoms with Gasteiger partial charge < -0.3 is 5.11 Å². The number of hydrogen-bond donors (Lipinski definition) is 1. The van der Waals surface area contributed by atoms with Gasteiger partial charge >= 0.3 is 5.97 Å². The molecule has 0 saturated heterocycles. The predicted molar refractivity (Wildman–Crippen MR) is 77.8 cm³/mol. The average Bonchev–Trinajstić information content (AvgIpc) is 2.70. The molecule has 1 unspecified atom stereocenters. The molecule has 0 bridgehead atoms. The Bertz CT molecular complexity index is 496. The van der Waals surface area contributed by atoms with E-state index in [0.29, 0.717) is 0 Å². The van der Waals surface area contributed by atoms with Crippen molar-refractivity contribution in [2.75, 3.05) is 0 Å². The lowest BCUT2D eigenvalue weighted by molar-refractivity contribution is -0.138. The van der Waals surface area contributed by atoms with Crippen molar-refractivity contribution in [2.24, 2.45) is 0 Å². The van der Waals surface area contributed by atoms with Crippen LogP contribution in [-0.4, -0.2) is 11.1 Å². The van der Waals surface area contributed by atoms with Crippen LogP contribution in [0, 0.1) is 0 Å². The minimum absolute atomic E-state index is 0.192. The van der Waals surface area contributed by atoms with Crippen LogP contribution < -0.4 is 0 Å². The summed E-state index contributed by atoms with van der Waals surface area (Å²) in [5.74, 6) is -0.730. The number of benzene rings is 1. The highest BCUT2D eigenvalue weighted by molar-refractivity contribution is 6.31. The molecule has 0 saturated carbocycles. The fourth-order valence-electron chi connectivity index (χ4n) is 3.21. The van der Waals surface area contributed by atoms with Crippen molar-refractivity contribution in [3.8, 4) is 0 Å². The standard InChI is InChI=1S/C16H19ClO2/c1-2-3-4-9-16(11-15(18)19)10-8-12-13(16)6-5-7-14(12)17/h2,5-7H,1,3-4,8-11H2,(H,18,19). The van der Waals surface area contributed by atoms with Crippen molar-refractivity contribution in [1.29, 1.82) is 0 Å². The molecule has 0 spiro atoms. The molecule has 1 aliphatic rings. The molecule has 0 aromatic heterocycles. The largest absolute Gasteiger partial charge is 0.481 e. The summed E-state index contributed by atoms with van der Waals surface area (Å²) < 4.78 is 0. The highest BCUT2D eigenvalue weighted by Crippen LogP contribution is 2.47. The van der Waals surface area contributed by atoms with Gasteiger partial charge in [-0.2, -0.15) is 0 Å². The van der Waals surface area contributed by atoms with Crippen LogP contribution in [0.1, 0.15) is 43.2 Å². The summed E-state index contributed by atoms with van der Waals surface area (Å²) in [4.78, 5) is 11.2. The summed E-state index contributed by atoms with van der Waals surface area (Å²) in [6, 6.07) is 5.86. The number of allylic oxidation sites excluding steroid dienone is 1. The number of hydrogen-bond acceptors (Lipinski definition) is 1. The molecule has 1 atom stereocenters. The van der Waals surface area contributed by atoms with E-state index in [0.717, 1.165) is 48.3 Å². The van der Waals surface area contributed by atoms with Crippen molar-refractivity contribution >= 4 is 17.6 Å². The molecule has 3 heteroatoms. The van der Waals surface area contributed by atoms with Gasteiger partial charge in [-0.25, -0.2) is 0 Å². The summed E-state index contributed by atoms with van der Waals surface area (Å²) in [5, 5.41) is 10.0. The van der Waals surface area contributed by atoms with Gasteiger partial charge in [0.2, 0.25) is 0 Å². The van der Waals surface area contributed by atoms with Crippen LogP contribution in [0.2, 0.25) is 5.02 Å². The lowest BCUT2D eigenvalue weighted by Gasteiger charge is -2.29. The van der Waals surface area contributed by atoms with Crippen molar-refractivity contribution < 1.29 is 9.90 Å². The summed E-state index contributed by atoms with van der Waals surface area (Å²) >= 11 is 6.23. The van der Waals surface area contributed by atoms with E-state index in [1.54, 1.807) is 0 Å². The SMILES string of the molecule is C=CCCCC1(CC(=O)O)CCc2c(Cl)cccc21. The molecule has 0 heterocycles. The quantitative estimate of drug-likeness (QED) is 0.620. The first-order valence-electron chi connectivity index (χ1n) is 6.69. The maximum absolute atomic E-state index is 11.2. The lowest BCUT2D eigenvalue weighted by atomic mass is 9.75. The van der Waals surface area contributed by atoms with Crippen molar-refractivity contribution in [3.05, 3.63) is 47.0 Å². The van der Waals surface area contributed by atoms with Crippen LogP contribution >= 0.6 is 11.6 Å². The topological polar surface area (TPSA) is 37.3 Å². The molecular formula is C16H19ClO2. The first-order valence-corrected chi connectivity index (χ1v) is 7.07. The zero-order chi connectivity index (χ0) is 13.9. The molecule has 102 valence electrons. The van der Waals surface area contributed by atoms with E-state index >= 15 is 0 Å². The lowest BCUT2D eigenvalue weighted by Crippen LogP contribution is -2.26. The van der Waals surface area contributed by atoms with Crippen molar-refractivity contribution in [2.45, 2.75) is 43.9 Å². The highest BCUT2D eigenvalue weighted by Gasteiger charge is 2.40. The number of fused-ring (bicyclic) bond motifs is 1. The second-order valence-electron chi connectivity index (χ2n) is 5.30. The Morgan fingerprint density at radius 3 is 3.00 bits per heavy atom. The third-order valence-electron chi connectivity index (χ3n) is 4.10. The Morgan fingerprint density at radius 2 is 2.32 bits per heavy atom. The van der Waals surface area contributed by atoms with E-state index in [9.17, 15) is 9.90 Å². The monoisotopic (exact) mass is 278 g/mol. The number of halogens is 1. The summed E-state index contributed by atoms with van der Waals surface area (Å²) in [7, 11) is 0. The first kappa shape index (κ1) is 14.1. The minimum atomic E-state index is -0.730. The molecule has 2 rings (SSSR count). The zero-order valence-corrected chi connectivity index (χ0v) is 11.7. The number of aliphatic carboxylic acids is 1. The Morgan fingerprint density at radius 1 is 1.53 bits per heavy atom. The van der Waals surface area contributed by atoms with Gasteiger partial charge in [0.15, 0.2) is 0 Å². The average molecular weight is 279 g/mol. The molecule has 1 aromatic rings. The van der Waals surface area contributed by atoms with Crippen LogP contribution in [0.25, 0.3) is 0 Å². The third-order valence-corrected chi connectivity index (χ3v) is 4.45. The van der Waals surface area contributed by atoms with E-state index in [2.05, 4.69) is 6.58 Å². The molecule has 0 radical (unpaired) electrons. The van der Waals surface area contributed by atoms with E-state index < -0.39 is 5.97 Å². The highest BCUT2D eigenvalue weighted by atomic mass is 35.5. The van der Waals surface area contributed by atoms with E-state index in [-0.39, 0.29) is 11.8 Å². The summed E-state index contributed by atoms with van der Waals surface area (Å²) in [6.07, 6.45) is 6.64. The molecule has 1 aliphatic carbocycles. The molecule has 1 aromatic carbocycles. The predicted octanol–water partition coefficient (Wildman–Crippen LogP) is 4.36. The van der Waals surface area contributed by atoms with Crippen LogP contribution in [-0.2, 0) is 16.6 Å². The second-order valence-corrected chi connectivity index (χ2v) is 5.70. The molecule has 1 N–H and O–H groups in total. The second kappa shape index (κ2) is 5.79. The number of carbonyl (C=O) groups is 1. The molecule has 0 amide bonds. The van der Waals surface area contributed by atoms with Gasteiger partial charge in [-0.3, -0.25) is 4.79 Å². The maximum Gasteiger partial charge on any atom is 0.304 e. The molecule has 19 heavy (non-hydrogen) atoms. The van der Waals surface area contributed by atoms with Gasteiger partial charge in [-0.05, 0) is 49.3 Å². The number of carboxylic acid groups (broad SMARTS) is 1. The van der Waals surface area contributed by atoms with Crippen molar-refractivity contribution in [1.82, 2.24) is 0 Å². The molecular weight excluding hydrogens is 260 g/mol. The van der Waals surface area contributed by atoms with E-state index in [1.807, 2.05) is 24.3 Å². The first-order chi connectivity index (χ1) is 9.09. The van der Waals surface area contributed by atoms with Crippen LogP contribution in [0.3, 0.4) is 0 Å². The summed E-state index contributed by atoms with van der Waals surface area (Å²) in [6.45, 7) is 3.73. The minimum Gasteiger partial charge on any atom is -0.481 e. The number of rotatable bonds is 6. The fraction of sp³-hybridized carbons (Fsp3) is 0.438. The Labute approximate surface area is 119 Å². The van der Waals surface area contributed by atoms with E-state index in [1.165, 1.54) is 0 Å². The Balaban J connectivity index is 2.33. The maximum atomic E-state index is 11.2.